The Morgan fingerprint density at radius 1 is 1.29 bits per heavy atom. The van der Waals surface area contributed by atoms with E-state index in [9.17, 15) is 9.18 Å². The fourth-order valence-corrected chi connectivity index (χ4v) is 5.70. The minimum absolute atomic E-state index is 0.0202. The molecule has 2 fully saturated rings. The van der Waals surface area contributed by atoms with E-state index >= 15 is 0 Å². The van der Waals surface area contributed by atoms with Gasteiger partial charge in [0.15, 0.2) is 0 Å². The van der Waals surface area contributed by atoms with E-state index in [2.05, 4.69) is 15.7 Å². The number of amides is 1. The zero-order valence-corrected chi connectivity index (χ0v) is 16.6. The number of aromatic nitrogens is 2. The van der Waals surface area contributed by atoms with Gasteiger partial charge in [0.05, 0.1) is 17.1 Å². The first-order valence-corrected chi connectivity index (χ1v) is 10.6. The van der Waals surface area contributed by atoms with Gasteiger partial charge in [0.1, 0.15) is 10.6 Å². The summed E-state index contributed by atoms with van der Waals surface area (Å²) in [6.45, 7) is 4.69. The van der Waals surface area contributed by atoms with Crippen molar-refractivity contribution in [3.05, 3.63) is 52.3 Å². The molecule has 2 unspecified atom stereocenters. The number of hydrogen-bond acceptors (Lipinski definition) is 4. The van der Waals surface area contributed by atoms with Crippen LogP contribution in [0.15, 0.2) is 30.3 Å². The van der Waals surface area contributed by atoms with Crippen molar-refractivity contribution in [1.29, 1.82) is 0 Å². The van der Waals surface area contributed by atoms with E-state index in [1.54, 1.807) is 12.1 Å². The molecule has 0 spiro atoms. The number of nitrogens with one attached hydrogen (secondary N) is 2. The summed E-state index contributed by atoms with van der Waals surface area (Å²) in [6.07, 6.45) is 2.15. The van der Waals surface area contributed by atoms with Crippen LogP contribution < -0.4 is 10.6 Å². The molecule has 0 bridgehead atoms. The average Bonchev–Trinajstić information content (AvgIpc) is 3.40. The molecule has 2 atom stereocenters. The number of thiophene rings is 1. The second kappa shape index (κ2) is 6.97. The summed E-state index contributed by atoms with van der Waals surface area (Å²) < 4.78 is 15.1. The highest BCUT2D eigenvalue weighted by Gasteiger charge is 2.38. The van der Waals surface area contributed by atoms with Crippen molar-refractivity contribution in [2.75, 3.05) is 13.1 Å². The maximum Gasteiger partial charge on any atom is 0.261 e. The highest BCUT2D eigenvalue weighted by molar-refractivity contribution is 7.20. The third kappa shape index (κ3) is 3.22. The smallest absolute Gasteiger partial charge is 0.261 e. The van der Waals surface area contributed by atoms with E-state index in [1.165, 1.54) is 23.5 Å². The summed E-state index contributed by atoms with van der Waals surface area (Å²) in [5, 5.41) is 12.3. The van der Waals surface area contributed by atoms with E-state index in [-0.39, 0.29) is 17.8 Å². The third-order valence-electron chi connectivity index (χ3n) is 6.07. The fourth-order valence-electron chi connectivity index (χ4n) is 4.64. The van der Waals surface area contributed by atoms with Crippen LogP contribution in [0.2, 0.25) is 0 Å². The van der Waals surface area contributed by atoms with Gasteiger partial charge in [-0.15, -0.1) is 11.3 Å². The van der Waals surface area contributed by atoms with Crippen LogP contribution in [0, 0.1) is 24.6 Å². The molecule has 2 aliphatic rings. The lowest BCUT2D eigenvalue weighted by Gasteiger charge is -2.13. The number of benzene rings is 1. The van der Waals surface area contributed by atoms with Gasteiger partial charge >= 0.3 is 0 Å². The first kappa shape index (κ1) is 17.8. The number of aryl methyl sites for hydroxylation is 1. The zero-order chi connectivity index (χ0) is 19.3. The third-order valence-corrected chi connectivity index (χ3v) is 7.21. The lowest BCUT2D eigenvalue weighted by molar-refractivity contribution is 0.0940. The number of halogens is 1. The van der Waals surface area contributed by atoms with Crippen LogP contribution in [0.1, 0.15) is 33.8 Å². The number of fused-ring (bicyclic) bond motifs is 2. The Kier molecular flexibility index (Phi) is 4.44. The molecular formula is C21H23FN4OS. The highest BCUT2D eigenvalue weighted by Crippen LogP contribution is 2.35. The molecule has 5 nitrogen and oxygen atoms in total. The van der Waals surface area contributed by atoms with Crippen molar-refractivity contribution < 1.29 is 9.18 Å². The van der Waals surface area contributed by atoms with Crippen LogP contribution in [0.25, 0.3) is 10.2 Å². The predicted octanol–water partition coefficient (Wildman–Crippen LogP) is 3.32. The van der Waals surface area contributed by atoms with Crippen molar-refractivity contribution in [3.8, 4) is 0 Å². The van der Waals surface area contributed by atoms with Gasteiger partial charge in [0.2, 0.25) is 0 Å². The van der Waals surface area contributed by atoms with Crippen LogP contribution in [0.4, 0.5) is 4.39 Å². The molecule has 3 aromatic rings. The molecule has 1 saturated heterocycles. The van der Waals surface area contributed by atoms with Crippen molar-refractivity contribution in [2.45, 2.75) is 32.4 Å². The topological polar surface area (TPSA) is 59.0 Å². The van der Waals surface area contributed by atoms with Crippen LogP contribution in [-0.2, 0) is 6.54 Å². The number of rotatable bonds is 4. The molecule has 1 saturated carbocycles. The van der Waals surface area contributed by atoms with Crippen molar-refractivity contribution in [2.24, 2.45) is 11.8 Å². The van der Waals surface area contributed by atoms with Gasteiger partial charge in [-0.05, 0) is 68.5 Å². The highest BCUT2D eigenvalue weighted by atomic mass is 32.1. The lowest BCUT2D eigenvalue weighted by Crippen LogP contribution is -2.33. The summed E-state index contributed by atoms with van der Waals surface area (Å²) in [6, 6.07) is 8.70. The van der Waals surface area contributed by atoms with Crippen molar-refractivity contribution in [1.82, 2.24) is 20.4 Å². The Bertz CT molecular complexity index is 1010. The molecule has 5 rings (SSSR count). The molecule has 1 amide bonds. The molecule has 3 heterocycles. The Balaban J connectivity index is 1.34. The van der Waals surface area contributed by atoms with Gasteiger partial charge in [0, 0.05) is 11.4 Å². The number of carbonyl (C=O) groups excluding carboxylic acids is 1. The number of hydrogen-bond donors (Lipinski definition) is 2. The standard InChI is InChI=1S/C21H23FN4OS/c1-12-18-8-19(20(27)24-17-6-14-9-23-10-15(14)7-17)28-21(18)26(25-12)11-13-2-4-16(22)5-3-13/h2-5,8,14-15,17,23H,6-7,9-11H2,1H3,(H,24,27). The van der Waals surface area contributed by atoms with Gasteiger partial charge in [-0.1, -0.05) is 12.1 Å². The molecule has 146 valence electrons. The predicted molar refractivity (Wildman–Crippen MR) is 108 cm³/mol. The molecule has 0 radical (unpaired) electrons. The molecule has 2 N–H and O–H groups in total. The SMILES string of the molecule is Cc1nn(Cc2ccc(F)cc2)c2sc(C(=O)NC3CC4CNCC4C3)cc12. The van der Waals surface area contributed by atoms with Crippen LogP contribution in [0.3, 0.4) is 0 Å². The van der Waals surface area contributed by atoms with Crippen LogP contribution >= 0.6 is 11.3 Å². The minimum Gasteiger partial charge on any atom is -0.349 e. The fraction of sp³-hybridized carbons (Fsp3) is 0.429. The minimum atomic E-state index is -0.243. The molecule has 1 aliphatic heterocycles. The Morgan fingerprint density at radius 2 is 2.00 bits per heavy atom. The van der Waals surface area contributed by atoms with Gasteiger partial charge in [0.25, 0.3) is 5.91 Å². The average molecular weight is 399 g/mol. The van der Waals surface area contributed by atoms with Crippen LogP contribution in [-0.4, -0.2) is 34.8 Å². The normalized spacial score (nSPS) is 24.0. The largest absolute Gasteiger partial charge is 0.349 e. The summed E-state index contributed by atoms with van der Waals surface area (Å²) in [4.78, 5) is 14.5. The van der Waals surface area contributed by atoms with Gasteiger partial charge in [-0.3, -0.25) is 9.48 Å². The monoisotopic (exact) mass is 398 g/mol. The Labute approximate surface area is 166 Å². The second-order valence-electron chi connectivity index (χ2n) is 8.02. The van der Waals surface area contributed by atoms with E-state index in [0.717, 1.165) is 52.3 Å². The zero-order valence-electron chi connectivity index (χ0n) is 15.7. The maximum atomic E-state index is 13.1. The quantitative estimate of drug-likeness (QED) is 0.709. The van der Waals surface area contributed by atoms with E-state index < -0.39 is 0 Å². The second-order valence-corrected chi connectivity index (χ2v) is 9.05. The van der Waals surface area contributed by atoms with Gasteiger partial charge < -0.3 is 10.6 Å². The summed E-state index contributed by atoms with van der Waals surface area (Å²) >= 11 is 1.48. The summed E-state index contributed by atoms with van der Waals surface area (Å²) in [5.41, 5.74) is 1.89. The Hall–Kier alpha value is -2.25. The Morgan fingerprint density at radius 3 is 2.71 bits per heavy atom. The number of carbonyl (C=O) groups is 1. The van der Waals surface area contributed by atoms with Crippen LogP contribution in [0.5, 0.6) is 0 Å². The van der Waals surface area contributed by atoms with Gasteiger partial charge in [-0.2, -0.15) is 5.10 Å². The lowest BCUT2D eigenvalue weighted by atomic mass is 10.0. The van der Waals surface area contributed by atoms with Crippen molar-refractivity contribution >= 4 is 27.5 Å². The molecule has 1 aliphatic carbocycles. The molecular weight excluding hydrogens is 375 g/mol. The summed E-state index contributed by atoms with van der Waals surface area (Å²) in [7, 11) is 0. The van der Waals surface area contributed by atoms with Gasteiger partial charge in [-0.25, -0.2) is 4.39 Å². The van der Waals surface area contributed by atoms with Crippen molar-refractivity contribution in [3.63, 3.8) is 0 Å². The number of nitrogens with zero attached hydrogens (tertiary/aromatic N) is 2. The molecule has 2 aromatic heterocycles. The molecule has 28 heavy (non-hydrogen) atoms. The molecule has 1 aromatic carbocycles. The molecule has 7 heteroatoms. The first-order valence-electron chi connectivity index (χ1n) is 9.80. The maximum absolute atomic E-state index is 13.1. The van der Waals surface area contributed by atoms with E-state index in [0.29, 0.717) is 18.4 Å². The summed E-state index contributed by atoms with van der Waals surface area (Å²) in [5.74, 6) is 1.19. The van der Waals surface area contributed by atoms with E-state index in [4.69, 9.17) is 0 Å². The van der Waals surface area contributed by atoms with E-state index in [1.807, 2.05) is 17.7 Å². The first-order chi connectivity index (χ1) is 13.6.